The van der Waals surface area contributed by atoms with Crippen molar-refractivity contribution in [2.75, 3.05) is 12.8 Å². The van der Waals surface area contributed by atoms with Crippen LogP contribution in [0.2, 0.25) is 0 Å². The van der Waals surface area contributed by atoms with Gasteiger partial charge in [-0.25, -0.2) is 19.6 Å². The van der Waals surface area contributed by atoms with Crippen molar-refractivity contribution >= 4 is 27.8 Å². The summed E-state index contributed by atoms with van der Waals surface area (Å²) in [4.78, 5) is 27.0. The second-order valence-electron chi connectivity index (χ2n) is 8.55. The van der Waals surface area contributed by atoms with Crippen molar-refractivity contribution in [1.82, 2.24) is 29.3 Å². The van der Waals surface area contributed by atoms with Crippen molar-refractivity contribution in [2.45, 2.75) is 31.8 Å². The maximum absolute atomic E-state index is 13.4. The fourth-order valence-electron chi connectivity index (χ4n) is 4.47. The van der Waals surface area contributed by atoms with Gasteiger partial charge in [0.2, 0.25) is 0 Å². The maximum atomic E-state index is 13.4. The highest BCUT2D eigenvalue weighted by molar-refractivity contribution is 5.98. The van der Waals surface area contributed by atoms with Crippen molar-refractivity contribution in [3.63, 3.8) is 0 Å². The second-order valence-corrected chi connectivity index (χ2v) is 8.55. The predicted octanol–water partition coefficient (Wildman–Crippen LogP) is 3.74. The SMILES string of the molecule is COc1ccc(-c2nn(C(C)c3nc4ccccc4c(=O)n3C3CC3)c3ncnc(N)c23)cc1. The molecule has 1 aliphatic carbocycles. The minimum Gasteiger partial charge on any atom is -0.497 e. The van der Waals surface area contributed by atoms with Gasteiger partial charge in [0, 0.05) is 11.6 Å². The van der Waals surface area contributed by atoms with Gasteiger partial charge in [-0.1, -0.05) is 12.1 Å². The minimum atomic E-state index is -0.360. The molecule has 2 aromatic carbocycles. The lowest BCUT2D eigenvalue weighted by molar-refractivity contribution is 0.415. The van der Waals surface area contributed by atoms with Crippen LogP contribution in [0.25, 0.3) is 33.2 Å². The van der Waals surface area contributed by atoms with Gasteiger partial charge < -0.3 is 10.5 Å². The largest absolute Gasteiger partial charge is 0.497 e. The Balaban J connectivity index is 1.58. The lowest BCUT2D eigenvalue weighted by Crippen LogP contribution is -2.28. The zero-order chi connectivity index (χ0) is 23.4. The molecular formula is C25H23N7O2. The van der Waals surface area contributed by atoms with Crippen LogP contribution in [0.1, 0.15) is 37.7 Å². The number of nitrogen functional groups attached to an aromatic ring is 1. The molecule has 0 bridgehead atoms. The van der Waals surface area contributed by atoms with E-state index >= 15 is 0 Å². The number of hydrogen-bond donors (Lipinski definition) is 1. The molecule has 1 fully saturated rings. The molecule has 0 saturated heterocycles. The van der Waals surface area contributed by atoms with Crippen molar-refractivity contribution in [3.05, 3.63) is 71.0 Å². The second kappa shape index (κ2) is 7.65. The Bertz CT molecular complexity index is 1600. The number of nitrogens with two attached hydrogens (primary N) is 1. The smallest absolute Gasteiger partial charge is 0.261 e. The summed E-state index contributed by atoms with van der Waals surface area (Å²) in [5.74, 6) is 1.76. The number of hydrogen-bond acceptors (Lipinski definition) is 7. The van der Waals surface area contributed by atoms with Crippen LogP contribution >= 0.6 is 0 Å². The van der Waals surface area contributed by atoms with E-state index in [0.717, 1.165) is 24.2 Å². The Morgan fingerprint density at radius 2 is 1.85 bits per heavy atom. The Kier molecular flexibility index (Phi) is 4.58. The highest BCUT2D eigenvalue weighted by atomic mass is 16.5. The molecule has 0 spiro atoms. The van der Waals surface area contributed by atoms with Crippen molar-refractivity contribution in [3.8, 4) is 17.0 Å². The van der Waals surface area contributed by atoms with Crippen LogP contribution in [0, 0.1) is 0 Å². The number of aromatic nitrogens is 6. The third-order valence-electron chi connectivity index (χ3n) is 6.37. The third kappa shape index (κ3) is 3.12. The number of benzene rings is 2. The Labute approximate surface area is 194 Å². The fourth-order valence-corrected chi connectivity index (χ4v) is 4.47. The number of rotatable bonds is 5. The number of fused-ring (bicyclic) bond motifs is 2. The molecule has 170 valence electrons. The normalized spacial score (nSPS) is 14.5. The first-order valence-electron chi connectivity index (χ1n) is 11.2. The van der Waals surface area contributed by atoms with Gasteiger partial charge in [-0.15, -0.1) is 0 Å². The number of para-hydroxylation sites is 1. The highest BCUT2D eigenvalue weighted by Crippen LogP contribution is 2.38. The number of ether oxygens (including phenoxy) is 1. The van der Waals surface area contributed by atoms with Gasteiger partial charge in [0.05, 0.1) is 23.4 Å². The van der Waals surface area contributed by atoms with Crippen LogP contribution in [0.5, 0.6) is 5.75 Å². The average molecular weight is 454 g/mol. The molecule has 9 nitrogen and oxygen atoms in total. The van der Waals surface area contributed by atoms with Crippen molar-refractivity contribution < 1.29 is 4.74 Å². The van der Waals surface area contributed by atoms with E-state index in [2.05, 4.69) is 9.97 Å². The number of nitrogens with zero attached hydrogens (tertiary/aromatic N) is 6. The summed E-state index contributed by atoms with van der Waals surface area (Å²) >= 11 is 0. The summed E-state index contributed by atoms with van der Waals surface area (Å²) in [5.41, 5.74) is 9.07. The van der Waals surface area contributed by atoms with E-state index in [0.29, 0.717) is 39.3 Å². The fraction of sp³-hybridized carbons (Fsp3) is 0.240. The van der Waals surface area contributed by atoms with Gasteiger partial charge in [-0.2, -0.15) is 5.10 Å². The van der Waals surface area contributed by atoms with Gasteiger partial charge >= 0.3 is 0 Å². The highest BCUT2D eigenvalue weighted by Gasteiger charge is 2.32. The summed E-state index contributed by atoms with van der Waals surface area (Å²) in [5, 5.41) is 6.21. The number of methoxy groups -OCH3 is 1. The Morgan fingerprint density at radius 1 is 1.09 bits per heavy atom. The van der Waals surface area contributed by atoms with Gasteiger partial charge in [0.25, 0.3) is 5.56 Å². The molecule has 0 amide bonds. The summed E-state index contributed by atoms with van der Waals surface area (Å²) in [6.07, 6.45) is 3.36. The van der Waals surface area contributed by atoms with Gasteiger partial charge in [-0.3, -0.25) is 9.36 Å². The molecule has 3 heterocycles. The maximum Gasteiger partial charge on any atom is 0.261 e. The van der Waals surface area contributed by atoms with Crippen molar-refractivity contribution in [2.24, 2.45) is 0 Å². The Morgan fingerprint density at radius 3 is 2.59 bits per heavy atom. The minimum absolute atomic E-state index is 0.0177. The Hall–Kier alpha value is -4.27. The first kappa shape index (κ1) is 20.3. The summed E-state index contributed by atoms with van der Waals surface area (Å²) < 4.78 is 8.92. The zero-order valence-electron chi connectivity index (χ0n) is 18.8. The van der Waals surface area contributed by atoms with Crippen LogP contribution in [-0.4, -0.2) is 36.4 Å². The molecule has 0 radical (unpaired) electrons. The molecule has 1 atom stereocenters. The van der Waals surface area contributed by atoms with E-state index in [1.165, 1.54) is 6.33 Å². The monoisotopic (exact) mass is 453 g/mol. The lowest BCUT2D eigenvalue weighted by atomic mass is 10.1. The molecular weight excluding hydrogens is 430 g/mol. The number of anilines is 1. The van der Waals surface area contributed by atoms with E-state index in [1.54, 1.807) is 11.8 Å². The molecule has 5 aromatic rings. The zero-order valence-corrected chi connectivity index (χ0v) is 18.8. The molecule has 1 saturated carbocycles. The predicted molar refractivity (Wildman–Crippen MR) is 130 cm³/mol. The van der Waals surface area contributed by atoms with E-state index in [9.17, 15) is 4.79 Å². The van der Waals surface area contributed by atoms with Crippen LogP contribution in [0.4, 0.5) is 5.82 Å². The van der Waals surface area contributed by atoms with Crippen LogP contribution in [-0.2, 0) is 0 Å². The first-order chi connectivity index (χ1) is 16.6. The van der Waals surface area contributed by atoms with Crippen molar-refractivity contribution in [1.29, 1.82) is 0 Å². The van der Waals surface area contributed by atoms with Crippen LogP contribution in [0.3, 0.4) is 0 Å². The van der Waals surface area contributed by atoms with E-state index in [4.69, 9.17) is 20.6 Å². The molecule has 1 unspecified atom stereocenters. The van der Waals surface area contributed by atoms with Gasteiger partial charge in [0.15, 0.2) is 5.65 Å². The molecule has 34 heavy (non-hydrogen) atoms. The summed E-state index contributed by atoms with van der Waals surface area (Å²) in [6.45, 7) is 1.98. The molecule has 6 rings (SSSR count). The quantitative estimate of drug-likeness (QED) is 0.431. The molecule has 3 aromatic heterocycles. The van der Waals surface area contributed by atoms with E-state index in [-0.39, 0.29) is 17.6 Å². The van der Waals surface area contributed by atoms with E-state index in [1.807, 2.05) is 60.0 Å². The van der Waals surface area contributed by atoms with Gasteiger partial charge in [0.1, 0.15) is 35.5 Å². The average Bonchev–Trinajstić information content (AvgIpc) is 3.63. The standard InChI is InChI=1S/C25H23N7O2/c1-14(23-29-19-6-4-3-5-18(19)25(33)31(23)16-9-10-16)32-24-20(22(26)27-13-28-24)21(30-32)15-7-11-17(34-2)12-8-15/h3-8,11-14,16H,9-10H2,1-2H3,(H2,26,27,28). The van der Waals surface area contributed by atoms with Gasteiger partial charge in [-0.05, 0) is 56.2 Å². The molecule has 2 N–H and O–H groups in total. The van der Waals surface area contributed by atoms with Crippen LogP contribution < -0.4 is 16.0 Å². The summed E-state index contributed by atoms with van der Waals surface area (Å²) in [6, 6.07) is 14.9. The molecule has 1 aliphatic rings. The third-order valence-corrected chi connectivity index (χ3v) is 6.37. The topological polar surface area (TPSA) is 114 Å². The first-order valence-corrected chi connectivity index (χ1v) is 11.2. The molecule has 9 heteroatoms. The lowest BCUT2D eigenvalue weighted by Gasteiger charge is -2.19. The summed E-state index contributed by atoms with van der Waals surface area (Å²) in [7, 11) is 1.63. The van der Waals surface area contributed by atoms with E-state index < -0.39 is 0 Å². The van der Waals surface area contributed by atoms with Crippen LogP contribution in [0.15, 0.2) is 59.7 Å². The molecule has 0 aliphatic heterocycles.